The van der Waals surface area contributed by atoms with E-state index >= 15 is 0 Å². The summed E-state index contributed by atoms with van der Waals surface area (Å²) in [6, 6.07) is 0. The van der Waals surface area contributed by atoms with Crippen molar-refractivity contribution in [1.82, 2.24) is 0 Å². The fourth-order valence-electron chi connectivity index (χ4n) is 8.10. The zero-order chi connectivity index (χ0) is 41.2. The van der Waals surface area contributed by atoms with Gasteiger partial charge in [0.05, 0.1) is 6.61 Å². The predicted octanol–water partition coefficient (Wildman–Crippen LogP) is 19.6. The van der Waals surface area contributed by atoms with Gasteiger partial charge < -0.3 is 4.74 Å². The number of hydrogen-bond acceptors (Lipinski definition) is 2. The summed E-state index contributed by atoms with van der Waals surface area (Å²) in [5.41, 5.74) is 0. The van der Waals surface area contributed by atoms with Crippen molar-refractivity contribution in [2.45, 2.75) is 297 Å². The van der Waals surface area contributed by atoms with Crippen LogP contribution in [-0.4, -0.2) is 12.6 Å². The van der Waals surface area contributed by atoms with Crippen molar-refractivity contribution in [2.75, 3.05) is 6.61 Å². The number of carbonyl (C=O) groups is 1. The molecule has 0 spiro atoms. The zero-order valence-corrected chi connectivity index (χ0v) is 39.5. The lowest BCUT2D eigenvalue weighted by Gasteiger charge is -2.06. The van der Waals surface area contributed by atoms with Gasteiger partial charge in [0.2, 0.25) is 0 Å². The van der Waals surface area contributed by atoms with Crippen molar-refractivity contribution in [1.29, 1.82) is 0 Å². The molecule has 0 aromatic heterocycles. The first-order valence-corrected chi connectivity index (χ1v) is 26.3. The highest BCUT2D eigenvalue weighted by Crippen LogP contribution is 2.18. The average Bonchev–Trinajstić information content (AvgIpc) is 3.20. The average molecular weight is 797 g/mol. The number of hydrogen-bond donors (Lipinski definition) is 0. The van der Waals surface area contributed by atoms with Gasteiger partial charge in [-0.2, -0.15) is 0 Å². The molecule has 0 N–H and O–H groups in total. The van der Waals surface area contributed by atoms with Gasteiger partial charge in [0.15, 0.2) is 0 Å². The maximum atomic E-state index is 12.0. The molecule has 336 valence electrons. The summed E-state index contributed by atoms with van der Waals surface area (Å²) in [5.74, 6) is 0.900. The number of esters is 1. The summed E-state index contributed by atoms with van der Waals surface area (Å²) < 4.78 is 5.47. The van der Waals surface area contributed by atoms with E-state index < -0.39 is 0 Å². The Bertz CT molecular complexity index is 837. The summed E-state index contributed by atoms with van der Waals surface area (Å²) in [7, 11) is 0. The minimum Gasteiger partial charge on any atom is -0.466 e. The van der Waals surface area contributed by atoms with Crippen LogP contribution in [0.5, 0.6) is 0 Å². The molecular formula is C55H104O2. The van der Waals surface area contributed by atoms with Crippen LogP contribution in [0.2, 0.25) is 0 Å². The number of ether oxygens (including phenoxy) is 1. The Morgan fingerprint density at radius 2 is 0.667 bits per heavy atom. The fourth-order valence-corrected chi connectivity index (χ4v) is 8.10. The van der Waals surface area contributed by atoms with Gasteiger partial charge in [-0.15, -0.1) is 0 Å². The Hall–Kier alpha value is -1.31. The summed E-state index contributed by atoms with van der Waals surface area (Å²) in [6.07, 6.45) is 71.6. The lowest BCUT2D eigenvalue weighted by molar-refractivity contribution is -0.143. The molecule has 2 nitrogen and oxygen atoms in total. The Labute approximate surface area is 360 Å². The third kappa shape index (κ3) is 52.7. The zero-order valence-electron chi connectivity index (χ0n) is 39.5. The Morgan fingerprint density at radius 1 is 0.368 bits per heavy atom. The van der Waals surface area contributed by atoms with Crippen molar-refractivity contribution in [3.8, 4) is 0 Å². The van der Waals surface area contributed by atoms with E-state index in [4.69, 9.17) is 4.74 Å². The minimum absolute atomic E-state index is 0.0112. The van der Waals surface area contributed by atoms with Crippen molar-refractivity contribution < 1.29 is 9.53 Å². The van der Waals surface area contributed by atoms with E-state index in [9.17, 15) is 4.79 Å². The third-order valence-electron chi connectivity index (χ3n) is 12.0. The molecule has 0 radical (unpaired) electrons. The lowest BCUT2D eigenvalue weighted by Crippen LogP contribution is -2.05. The number of allylic oxidation sites excluding steroid dienone is 6. The first kappa shape index (κ1) is 55.7. The Kier molecular flexibility index (Phi) is 49.7. The molecule has 0 saturated heterocycles. The molecule has 0 aliphatic carbocycles. The van der Waals surface area contributed by atoms with Gasteiger partial charge in [-0.05, 0) is 50.9 Å². The number of rotatable bonds is 48. The molecule has 0 amide bonds. The standard InChI is InChI=1S/C55H104O2/c1-4-5-6-7-8-9-10-11-30-34-37-40-43-46-49-52-55(56)57-53-50-47-44-41-38-35-32-29-27-25-23-21-19-17-15-13-12-14-16-18-20-22-24-26-28-31-33-36-39-42-45-48-51-54(2)3/h5-6,8-9,11,30,54H,4,7,10,12-29,31-53H2,1-3H3/b6-5-,9-8-,30-11-. The van der Waals surface area contributed by atoms with E-state index in [1.54, 1.807) is 0 Å². The van der Waals surface area contributed by atoms with Crippen LogP contribution in [-0.2, 0) is 9.53 Å². The van der Waals surface area contributed by atoms with E-state index in [2.05, 4.69) is 57.2 Å². The highest BCUT2D eigenvalue weighted by atomic mass is 16.5. The number of unbranched alkanes of at least 4 members (excludes halogenated alkanes) is 36. The summed E-state index contributed by atoms with van der Waals surface area (Å²) in [5, 5.41) is 0. The molecule has 2 heteroatoms. The van der Waals surface area contributed by atoms with Gasteiger partial charge in [-0.25, -0.2) is 0 Å². The molecule has 0 rings (SSSR count). The van der Waals surface area contributed by atoms with Crippen molar-refractivity contribution in [2.24, 2.45) is 5.92 Å². The van der Waals surface area contributed by atoms with Crippen LogP contribution >= 0.6 is 0 Å². The SMILES string of the molecule is CC/C=C\C/C=C\C/C=C\CCCCCCCC(=O)OCCCCCCCCCCCCCCCCCCCCCCCCCCCCCCCCCCC(C)C. The molecule has 0 aromatic rings. The molecule has 0 heterocycles. The van der Waals surface area contributed by atoms with Gasteiger partial charge >= 0.3 is 5.97 Å². The van der Waals surface area contributed by atoms with Crippen LogP contribution in [0.15, 0.2) is 36.5 Å². The van der Waals surface area contributed by atoms with E-state index in [0.29, 0.717) is 13.0 Å². The summed E-state index contributed by atoms with van der Waals surface area (Å²) >= 11 is 0. The van der Waals surface area contributed by atoms with Crippen LogP contribution in [0.1, 0.15) is 297 Å². The van der Waals surface area contributed by atoms with Crippen LogP contribution < -0.4 is 0 Å². The molecule has 57 heavy (non-hydrogen) atoms. The number of carbonyl (C=O) groups excluding carboxylic acids is 1. The van der Waals surface area contributed by atoms with Crippen molar-refractivity contribution in [3.05, 3.63) is 36.5 Å². The van der Waals surface area contributed by atoms with Crippen molar-refractivity contribution in [3.63, 3.8) is 0 Å². The van der Waals surface area contributed by atoms with Gasteiger partial charge in [0, 0.05) is 6.42 Å². The molecule has 0 saturated carbocycles. The second-order valence-electron chi connectivity index (χ2n) is 18.3. The fraction of sp³-hybridized carbons (Fsp3) is 0.873. The second kappa shape index (κ2) is 50.8. The molecule has 0 atom stereocenters. The monoisotopic (exact) mass is 797 g/mol. The maximum Gasteiger partial charge on any atom is 0.305 e. The molecule has 0 aromatic carbocycles. The lowest BCUT2D eigenvalue weighted by atomic mass is 10.0. The van der Waals surface area contributed by atoms with Gasteiger partial charge in [0.1, 0.15) is 0 Å². The third-order valence-corrected chi connectivity index (χ3v) is 12.0. The molecule has 0 aliphatic heterocycles. The predicted molar refractivity (Wildman–Crippen MR) is 257 cm³/mol. The highest BCUT2D eigenvalue weighted by Gasteiger charge is 2.03. The molecule has 0 bridgehead atoms. The quantitative estimate of drug-likeness (QED) is 0.0348. The van der Waals surface area contributed by atoms with Crippen LogP contribution in [0.25, 0.3) is 0 Å². The van der Waals surface area contributed by atoms with Crippen molar-refractivity contribution >= 4 is 5.97 Å². The van der Waals surface area contributed by atoms with E-state index in [1.807, 2.05) is 0 Å². The Balaban J connectivity index is 3.17. The molecule has 0 aliphatic rings. The summed E-state index contributed by atoms with van der Waals surface area (Å²) in [4.78, 5) is 12.0. The molecule has 0 fully saturated rings. The minimum atomic E-state index is 0.0112. The first-order chi connectivity index (χ1) is 28.2. The Morgan fingerprint density at radius 3 is 1.04 bits per heavy atom. The van der Waals surface area contributed by atoms with E-state index in [0.717, 1.165) is 44.4 Å². The van der Waals surface area contributed by atoms with Gasteiger partial charge in [-0.1, -0.05) is 282 Å². The van der Waals surface area contributed by atoms with Crippen LogP contribution in [0, 0.1) is 5.92 Å². The van der Waals surface area contributed by atoms with Gasteiger partial charge in [0.25, 0.3) is 0 Å². The summed E-state index contributed by atoms with van der Waals surface area (Å²) in [6.45, 7) is 7.49. The van der Waals surface area contributed by atoms with Crippen LogP contribution in [0.4, 0.5) is 0 Å². The molecular weight excluding hydrogens is 693 g/mol. The smallest absolute Gasteiger partial charge is 0.305 e. The maximum absolute atomic E-state index is 12.0. The highest BCUT2D eigenvalue weighted by molar-refractivity contribution is 5.69. The first-order valence-electron chi connectivity index (χ1n) is 26.3. The van der Waals surface area contributed by atoms with Gasteiger partial charge in [-0.3, -0.25) is 4.79 Å². The van der Waals surface area contributed by atoms with Crippen LogP contribution in [0.3, 0.4) is 0 Å². The molecule has 0 unspecified atom stereocenters. The normalized spacial score (nSPS) is 12.1. The largest absolute Gasteiger partial charge is 0.466 e. The van der Waals surface area contributed by atoms with E-state index in [-0.39, 0.29) is 5.97 Å². The topological polar surface area (TPSA) is 26.3 Å². The van der Waals surface area contributed by atoms with E-state index in [1.165, 1.54) is 231 Å². The second-order valence-corrected chi connectivity index (χ2v) is 18.3.